The molecule has 25 heavy (non-hydrogen) atoms. The van der Waals surface area contributed by atoms with Crippen LogP contribution in [0.1, 0.15) is 68.4 Å². The molecule has 2 rings (SSSR count). The van der Waals surface area contributed by atoms with Gasteiger partial charge in [-0.15, -0.1) is 0 Å². The molecule has 1 fully saturated rings. The maximum Gasteiger partial charge on any atom is 0.335 e. The van der Waals surface area contributed by atoms with Gasteiger partial charge in [-0.05, 0) is 61.6 Å². The molecule has 0 spiro atoms. The predicted octanol–water partition coefficient (Wildman–Crippen LogP) is 6.99. The maximum absolute atomic E-state index is 13.9. The molecule has 0 unspecified atom stereocenters. The van der Waals surface area contributed by atoms with Gasteiger partial charge >= 0.3 is 12.3 Å². The van der Waals surface area contributed by atoms with Gasteiger partial charge < -0.3 is 0 Å². The molecule has 0 bridgehead atoms. The standard InChI is InChI=1S/C19H24F6/c20-11-3-1-2-4-13-5-7-14(8-6-13)15-9-10-16(17(21)12-15)19(24,25)18(22)23/h9-10,12-14,18H,1-8,11H2. The molecule has 6 heteroatoms. The Labute approximate surface area is 144 Å². The first-order valence-electron chi connectivity index (χ1n) is 8.88. The van der Waals surface area contributed by atoms with Crippen LogP contribution < -0.4 is 0 Å². The van der Waals surface area contributed by atoms with Gasteiger partial charge in [-0.2, -0.15) is 8.78 Å². The predicted molar refractivity (Wildman–Crippen MR) is 85.4 cm³/mol. The largest absolute Gasteiger partial charge is 0.335 e. The average Bonchev–Trinajstić information content (AvgIpc) is 2.59. The van der Waals surface area contributed by atoms with Crippen LogP contribution in [0.25, 0.3) is 0 Å². The number of unbranched alkanes of at least 4 members (excludes halogenated alkanes) is 2. The third-order valence-corrected chi connectivity index (χ3v) is 5.19. The smallest absolute Gasteiger partial charge is 0.251 e. The van der Waals surface area contributed by atoms with Crippen LogP contribution in [-0.4, -0.2) is 13.1 Å². The summed E-state index contributed by atoms with van der Waals surface area (Å²) in [7, 11) is 0. The first-order valence-corrected chi connectivity index (χ1v) is 8.88. The van der Waals surface area contributed by atoms with Crippen molar-refractivity contribution in [2.24, 2.45) is 5.92 Å². The minimum absolute atomic E-state index is 0.0748. The lowest BCUT2D eigenvalue weighted by molar-refractivity contribution is -0.137. The van der Waals surface area contributed by atoms with Crippen LogP contribution >= 0.6 is 0 Å². The van der Waals surface area contributed by atoms with E-state index in [4.69, 9.17) is 0 Å². The fourth-order valence-corrected chi connectivity index (χ4v) is 3.66. The van der Waals surface area contributed by atoms with Gasteiger partial charge in [-0.3, -0.25) is 4.39 Å². The molecule has 0 aliphatic heterocycles. The summed E-state index contributed by atoms with van der Waals surface area (Å²) in [6, 6.07) is 3.12. The van der Waals surface area contributed by atoms with Crippen molar-refractivity contribution in [2.45, 2.75) is 69.6 Å². The lowest BCUT2D eigenvalue weighted by Crippen LogP contribution is -2.25. The normalized spacial score (nSPS) is 21.7. The zero-order valence-corrected chi connectivity index (χ0v) is 14.1. The number of benzene rings is 1. The van der Waals surface area contributed by atoms with E-state index >= 15 is 0 Å². The molecule has 1 aromatic rings. The molecule has 1 aliphatic carbocycles. The molecule has 0 saturated heterocycles. The highest BCUT2D eigenvalue weighted by Crippen LogP contribution is 2.40. The molecule has 1 saturated carbocycles. The van der Waals surface area contributed by atoms with Crippen molar-refractivity contribution in [1.82, 2.24) is 0 Å². The second-order valence-corrected chi connectivity index (χ2v) is 6.92. The van der Waals surface area contributed by atoms with Gasteiger partial charge in [0.05, 0.1) is 12.2 Å². The fraction of sp³-hybridized carbons (Fsp3) is 0.684. The van der Waals surface area contributed by atoms with Crippen LogP contribution in [0.5, 0.6) is 0 Å². The lowest BCUT2D eigenvalue weighted by Gasteiger charge is -2.29. The second-order valence-electron chi connectivity index (χ2n) is 6.92. The van der Waals surface area contributed by atoms with Crippen molar-refractivity contribution in [3.05, 3.63) is 35.1 Å². The van der Waals surface area contributed by atoms with Gasteiger partial charge in [0, 0.05) is 0 Å². The highest BCUT2D eigenvalue weighted by molar-refractivity contribution is 5.30. The average molecular weight is 366 g/mol. The SMILES string of the molecule is FCCCCCC1CCC(c2ccc(C(F)(F)C(F)F)c(F)c2)CC1. The molecule has 0 heterocycles. The van der Waals surface area contributed by atoms with Gasteiger partial charge in [-0.1, -0.05) is 25.3 Å². The van der Waals surface area contributed by atoms with E-state index in [1.54, 1.807) is 0 Å². The van der Waals surface area contributed by atoms with Crippen molar-refractivity contribution in [2.75, 3.05) is 6.67 Å². The van der Waals surface area contributed by atoms with Crippen LogP contribution in [0.3, 0.4) is 0 Å². The Balaban J connectivity index is 1.92. The van der Waals surface area contributed by atoms with Gasteiger partial charge in [0.2, 0.25) is 0 Å². The van der Waals surface area contributed by atoms with Crippen molar-refractivity contribution < 1.29 is 26.3 Å². The third-order valence-electron chi connectivity index (χ3n) is 5.19. The summed E-state index contributed by atoms with van der Waals surface area (Å²) in [5.74, 6) is -5.09. The molecular formula is C19H24F6. The van der Waals surface area contributed by atoms with Crippen LogP contribution in [0.4, 0.5) is 26.3 Å². The van der Waals surface area contributed by atoms with Crippen LogP contribution in [-0.2, 0) is 5.92 Å². The molecule has 0 atom stereocenters. The summed E-state index contributed by atoms with van der Waals surface area (Å²) in [4.78, 5) is 0. The second kappa shape index (κ2) is 8.95. The Bertz CT molecular complexity index is 535. The quantitative estimate of drug-likeness (QED) is 0.344. The topological polar surface area (TPSA) is 0 Å². The molecule has 0 amide bonds. The van der Waals surface area contributed by atoms with E-state index in [-0.39, 0.29) is 12.6 Å². The molecule has 0 aromatic heterocycles. The fourth-order valence-electron chi connectivity index (χ4n) is 3.66. The van der Waals surface area contributed by atoms with E-state index in [2.05, 4.69) is 0 Å². The monoisotopic (exact) mass is 366 g/mol. The van der Waals surface area contributed by atoms with Crippen LogP contribution in [0.15, 0.2) is 18.2 Å². The number of hydrogen-bond acceptors (Lipinski definition) is 0. The maximum atomic E-state index is 13.9. The first kappa shape index (κ1) is 20.1. The Morgan fingerprint density at radius 1 is 1.00 bits per heavy atom. The minimum Gasteiger partial charge on any atom is -0.251 e. The van der Waals surface area contributed by atoms with Crippen molar-refractivity contribution in [1.29, 1.82) is 0 Å². The number of rotatable bonds is 8. The van der Waals surface area contributed by atoms with Crippen LogP contribution in [0, 0.1) is 11.7 Å². The van der Waals surface area contributed by atoms with E-state index in [1.165, 1.54) is 6.07 Å². The summed E-state index contributed by atoms with van der Waals surface area (Å²) < 4.78 is 77.4. The van der Waals surface area contributed by atoms with Crippen molar-refractivity contribution in [3.63, 3.8) is 0 Å². The minimum atomic E-state index is -4.47. The summed E-state index contributed by atoms with van der Waals surface area (Å²) in [5, 5.41) is 0. The molecular weight excluding hydrogens is 342 g/mol. The van der Waals surface area contributed by atoms with Crippen molar-refractivity contribution >= 4 is 0 Å². The molecule has 0 nitrogen and oxygen atoms in total. The lowest BCUT2D eigenvalue weighted by atomic mass is 9.77. The van der Waals surface area contributed by atoms with Crippen molar-refractivity contribution in [3.8, 4) is 0 Å². The highest BCUT2D eigenvalue weighted by atomic mass is 19.3. The van der Waals surface area contributed by atoms with Gasteiger partial charge in [-0.25, -0.2) is 13.2 Å². The molecule has 1 aromatic carbocycles. The Morgan fingerprint density at radius 3 is 2.24 bits per heavy atom. The summed E-state index contributed by atoms with van der Waals surface area (Å²) in [6.07, 6.45) is 3.22. The zero-order valence-electron chi connectivity index (χ0n) is 14.1. The van der Waals surface area contributed by atoms with E-state index in [9.17, 15) is 26.3 Å². The van der Waals surface area contributed by atoms with Crippen LogP contribution in [0.2, 0.25) is 0 Å². The van der Waals surface area contributed by atoms with Gasteiger partial charge in [0.1, 0.15) is 5.82 Å². The zero-order chi connectivity index (χ0) is 18.4. The third kappa shape index (κ3) is 5.14. The molecule has 142 valence electrons. The highest BCUT2D eigenvalue weighted by Gasteiger charge is 2.44. The Morgan fingerprint density at radius 2 is 1.68 bits per heavy atom. The number of hydrogen-bond donors (Lipinski definition) is 0. The van der Waals surface area contributed by atoms with E-state index in [1.807, 2.05) is 0 Å². The van der Waals surface area contributed by atoms with Gasteiger partial charge in [0.15, 0.2) is 0 Å². The number of halogens is 6. The Kier molecular flexibility index (Phi) is 7.20. The van der Waals surface area contributed by atoms with Gasteiger partial charge in [0.25, 0.3) is 0 Å². The van der Waals surface area contributed by atoms with E-state index in [0.717, 1.165) is 57.1 Å². The number of alkyl halides is 5. The van der Waals surface area contributed by atoms with E-state index < -0.39 is 23.7 Å². The first-order chi connectivity index (χ1) is 11.9. The molecule has 1 aliphatic rings. The molecule has 0 N–H and O–H groups in total. The summed E-state index contributed by atoms with van der Waals surface area (Å²) in [6.45, 7) is -0.279. The van der Waals surface area contributed by atoms with E-state index in [0.29, 0.717) is 17.9 Å². The Hall–Kier alpha value is -1.20. The summed E-state index contributed by atoms with van der Waals surface area (Å²) >= 11 is 0. The summed E-state index contributed by atoms with van der Waals surface area (Å²) in [5.41, 5.74) is -0.644. The molecule has 0 radical (unpaired) electrons.